The first-order chi connectivity index (χ1) is 8.66. The first-order valence-corrected chi connectivity index (χ1v) is 6.43. The van der Waals surface area contributed by atoms with Crippen molar-refractivity contribution >= 4 is 45.1 Å². The van der Waals surface area contributed by atoms with Crippen molar-refractivity contribution in [3.8, 4) is 11.3 Å². The molecule has 0 aliphatic carbocycles. The Balaban J connectivity index is 2.33. The van der Waals surface area contributed by atoms with Gasteiger partial charge in [-0.15, -0.1) is 0 Å². The lowest BCUT2D eigenvalue weighted by Crippen LogP contribution is -1.89. The molecular formula is C13H10IN3O. The zero-order valence-corrected chi connectivity index (χ0v) is 11.5. The molecule has 0 bridgehead atoms. The van der Waals surface area contributed by atoms with Crippen LogP contribution in [0.25, 0.3) is 22.2 Å². The summed E-state index contributed by atoms with van der Waals surface area (Å²) in [6.07, 6.45) is 1.71. The molecule has 0 unspecified atom stereocenters. The second kappa shape index (κ2) is 4.16. The number of halogens is 1. The summed E-state index contributed by atoms with van der Waals surface area (Å²) >= 11 is 2.26. The van der Waals surface area contributed by atoms with Crippen molar-refractivity contribution in [2.75, 3.05) is 11.5 Å². The first-order valence-electron chi connectivity index (χ1n) is 5.35. The number of nitrogens with zero attached hydrogens (tertiary/aromatic N) is 1. The fraction of sp³-hybridized carbons (Fsp3) is 0. The van der Waals surface area contributed by atoms with Crippen LogP contribution in [-0.4, -0.2) is 4.98 Å². The van der Waals surface area contributed by atoms with E-state index in [1.54, 1.807) is 6.20 Å². The lowest BCUT2D eigenvalue weighted by molar-refractivity contribution is 0.638. The van der Waals surface area contributed by atoms with Gasteiger partial charge in [0.25, 0.3) is 0 Å². The summed E-state index contributed by atoms with van der Waals surface area (Å²) in [6, 6.07) is 9.83. The highest BCUT2D eigenvalue weighted by Crippen LogP contribution is 2.35. The van der Waals surface area contributed by atoms with E-state index in [9.17, 15) is 0 Å². The van der Waals surface area contributed by atoms with E-state index < -0.39 is 0 Å². The molecule has 0 fully saturated rings. The van der Waals surface area contributed by atoms with E-state index in [0.717, 1.165) is 20.2 Å². The number of nitrogens with two attached hydrogens (primary N) is 2. The molecule has 0 radical (unpaired) electrons. The molecule has 4 N–H and O–H groups in total. The number of aromatic nitrogens is 1. The average Bonchev–Trinajstić information content (AvgIpc) is 2.65. The van der Waals surface area contributed by atoms with Crippen LogP contribution in [0.1, 0.15) is 0 Å². The van der Waals surface area contributed by atoms with Gasteiger partial charge in [-0.05, 0) is 40.8 Å². The Kier molecular flexibility index (Phi) is 2.62. The van der Waals surface area contributed by atoms with Crippen molar-refractivity contribution in [2.45, 2.75) is 0 Å². The summed E-state index contributed by atoms with van der Waals surface area (Å²) in [6.45, 7) is 0. The van der Waals surface area contributed by atoms with Gasteiger partial charge in [0.1, 0.15) is 11.4 Å². The second-order valence-corrected chi connectivity index (χ2v) is 5.17. The summed E-state index contributed by atoms with van der Waals surface area (Å²) < 4.78 is 6.65. The normalized spacial score (nSPS) is 10.9. The molecule has 5 heteroatoms. The Morgan fingerprint density at radius 1 is 1.17 bits per heavy atom. The largest absolute Gasteiger partial charge is 0.436 e. The summed E-state index contributed by atoms with van der Waals surface area (Å²) in [4.78, 5) is 4.36. The highest BCUT2D eigenvalue weighted by Gasteiger charge is 2.14. The van der Waals surface area contributed by atoms with Crippen molar-refractivity contribution in [1.29, 1.82) is 0 Å². The molecule has 2 heterocycles. The van der Waals surface area contributed by atoms with E-state index in [1.807, 2.05) is 30.3 Å². The lowest BCUT2D eigenvalue weighted by atomic mass is 10.1. The predicted molar refractivity (Wildman–Crippen MR) is 81.0 cm³/mol. The summed E-state index contributed by atoms with van der Waals surface area (Å²) in [7, 11) is 0. The van der Waals surface area contributed by atoms with Crippen LogP contribution in [0.5, 0.6) is 0 Å². The Hall–Kier alpha value is -1.76. The molecule has 4 nitrogen and oxygen atoms in total. The van der Waals surface area contributed by atoms with Gasteiger partial charge in [0.15, 0.2) is 5.58 Å². The Morgan fingerprint density at radius 2 is 2.00 bits per heavy atom. The SMILES string of the molecule is Nc1oc2c(-c3cccc(I)c3)nccc2c1N. The van der Waals surface area contributed by atoms with Crippen LogP contribution in [0.2, 0.25) is 0 Å². The van der Waals surface area contributed by atoms with Gasteiger partial charge in [-0.1, -0.05) is 12.1 Å². The molecule has 2 aromatic heterocycles. The molecule has 18 heavy (non-hydrogen) atoms. The number of anilines is 2. The van der Waals surface area contributed by atoms with E-state index in [2.05, 4.69) is 27.6 Å². The lowest BCUT2D eigenvalue weighted by Gasteiger charge is -2.01. The number of fused-ring (bicyclic) bond motifs is 1. The van der Waals surface area contributed by atoms with Crippen LogP contribution < -0.4 is 11.5 Å². The zero-order chi connectivity index (χ0) is 12.7. The van der Waals surface area contributed by atoms with Crippen LogP contribution in [0, 0.1) is 3.57 Å². The number of hydrogen-bond acceptors (Lipinski definition) is 4. The fourth-order valence-corrected chi connectivity index (χ4v) is 2.45. The minimum Gasteiger partial charge on any atom is -0.436 e. The quantitative estimate of drug-likeness (QED) is 0.660. The van der Waals surface area contributed by atoms with Crippen LogP contribution in [-0.2, 0) is 0 Å². The minimum atomic E-state index is 0.241. The minimum absolute atomic E-state index is 0.241. The van der Waals surface area contributed by atoms with Gasteiger partial charge in [-0.3, -0.25) is 4.98 Å². The summed E-state index contributed by atoms with van der Waals surface area (Å²) in [5, 5.41) is 0.802. The first kappa shape index (κ1) is 11.3. The van der Waals surface area contributed by atoms with E-state index in [4.69, 9.17) is 15.9 Å². The average molecular weight is 351 g/mol. The molecule has 1 aromatic carbocycles. The highest BCUT2D eigenvalue weighted by atomic mass is 127. The highest BCUT2D eigenvalue weighted by molar-refractivity contribution is 14.1. The molecule has 0 saturated carbocycles. The number of pyridine rings is 1. The summed E-state index contributed by atoms with van der Waals surface area (Å²) in [5.41, 5.74) is 14.4. The van der Waals surface area contributed by atoms with Crippen molar-refractivity contribution < 1.29 is 4.42 Å². The molecule has 0 atom stereocenters. The van der Waals surface area contributed by atoms with E-state index >= 15 is 0 Å². The molecule has 90 valence electrons. The van der Waals surface area contributed by atoms with Gasteiger partial charge in [0, 0.05) is 20.7 Å². The van der Waals surface area contributed by atoms with E-state index in [-0.39, 0.29) is 5.88 Å². The topological polar surface area (TPSA) is 78.1 Å². The standard InChI is InChI=1S/C13H10IN3O/c14-8-3-1-2-7(6-8)11-12-9(4-5-17-11)10(15)13(16)18-12/h1-6H,15-16H2. The van der Waals surface area contributed by atoms with Crippen LogP contribution in [0.15, 0.2) is 40.9 Å². The predicted octanol–water partition coefficient (Wildman–Crippen LogP) is 3.26. The van der Waals surface area contributed by atoms with Crippen molar-refractivity contribution in [3.05, 3.63) is 40.1 Å². The van der Waals surface area contributed by atoms with Gasteiger partial charge in [0.2, 0.25) is 5.88 Å². The molecule has 0 aliphatic heterocycles. The third-order valence-corrected chi connectivity index (χ3v) is 3.44. The van der Waals surface area contributed by atoms with E-state index in [0.29, 0.717) is 11.3 Å². The van der Waals surface area contributed by atoms with Gasteiger partial charge in [-0.25, -0.2) is 0 Å². The van der Waals surface area contributed by atoms with E-state index in [1.165, 1.54) is 0 Å². The maximum absolute atomic E-state index is 5.87. The number of furan rings is 1. The Morgan fingerprint density at radius 3 is 2.78 bits per heavy atom. The maximum Gasteiger partial charge on any atom is 0.214 e. The molecule has 0 amide bonds. The summed E-state index contributed by atoms with van der Waals surface area (Å²) in [5.74, 6) is 0.241. The van der Waals surface area contributed by atoms with Crippen LogP contribution >= 0.6 is 22.6 Å². The number of benzene rings is 1. The fourth-order valence-electron chi connectivity index (χ4n) is 1.90. The van der Waals surface area contributed by atoms with Crippen LogP contribution in [0.4, 0.5) is 11.6 Å². The Bertz CT molecular complexity index is 736. The zero-order valence-electron chi connectivity index (χ0n) is 9.35. The monoisotopic (exact) mass is 351 g/mol. The van der Waals surface area contributed by atoms with Gasteiger partial charge in [-0.2, -0.15) is 0 Å². The Labute approximate surface area is 117 Å². The molecule has 0 aliphatic rings. The molecule has 0 saturated heterocycles. The molecular weight excluding hydrogens is 341 g/mol. The van der Waals surface area contributed by atoms with Crippen LogP contribution in [0.3, 0.4) is 0 Å². The number of nitrogen functional groups attached to an aromatic ring is 2. The van der Waals surface area contributed by atoms with Crippen molar-refractivity contribution in [2.24, 2.45) is 0 Å². The van der Waals surface area contributed by atoms with Gasteiger partial charge >= 0.3 is 0 Å². The maximum atomic E-state index is 5.87. The number of rotatable bonds is 1. The molecule has 3 aromatic rings. The molecule has 3 rings (SSSR count). The van der Waals surface area contributed by atoms with Crippen molar-refractivity contribution in [3.63, 3.8) is 0 Å². The number of hydrogen-bond donors (Lipinski definition) is 2. The van der Waals surface area contributed by atoms with Gasteiger partial charge < -0.3 is 15.9 Å². The van der Waals surface area contributed by atoms with Gasteiger partial charge in [0.05, 0.1) is 0 Å². The smallest absolute Gasteiger partial charge is 0.214 e. The second-order valence-electron chi connectivity index (χ2n) is 3.93. The van der Waals surface area contributed by atoms with Crippen molar-refractivity contribution in [1.82, 2.24) is 4.98 Å². The molecule has 0 spiro atoms. The third kappa shape index (κ3) is 1.71. The third-order valence-electron chi connectivity index (χ3n) is 2.77.